The quantitative estimate of drug-likeness (QED) is 0.297. The van der Waals surface area contributed by atoms with Crippen molar-refractivity contribution >= 4 is 41.3 Å². The van der Waals surface area contributed by atoms with Gasteiger partial charge in [0.1, 0.15) is 0 Å². The monoisotopic (exact) mass is 412 g/mol. The summed E-state index contributed by atoms with van der Waals surface area (Å²) in [5, 5.41) is 7.69. The predicted molar refractivity (Wildman–Crippen MR) is 96.5 cm³/mol. The fourth-order valence-electron chi connectivity index (χ4n) is 1.51. The Morgan fingerprint density at radius 3 is 2.80 bits per heavy atom. The molecule has 0 aliphatic rings. The molecular weight excluding hydrogens is 387 g/mol. The Hall–Kier alpha value is -0.410. The number of thiazole rings is 1. The molecule has 0 amide bonds. The zero-order valence-electron chi connectivity index (χ0n) is 12.4. The van der Waals surface area contributed by atoms with Crippen molar-refractivity contribution in [2.75, 3.05) is 33.4 Å². The third-order valence-corrected chi connectivity index (χ3v) is 3.69. The number of guanidine groups is 1. The topological polar surface area (TPSA) is 58.5 Å². The molecule has 0 bridgehead atoms. The summed E-state index contributed by atoms with van der Waals surface area (Å²) < 4.78 is 4.99. The van der Waals surface area contributed by atoms with E-state index in [1.807, 2.05) is 6.20 Å². The van der Waals surface area contributed by atoms with Gasteiger partial charge in [0.2, 0.25) is 0 Å². The van der Waals surface area contributed by atoms with Gasteiger partial charge in [-0.2, -0.15) is 0 Å². The van der Waals surface area contributed by atoms with E-state index < -0.39 is 0 Å². The van der Waals surface area contributed by atoms with Crippen molar-refractivity contribution in [3.05, 3.63) is 16.1 Å². The van der Waals surface area contributed by atoms with Gasteiger partial charge in [0.15, 0.2) is 5.96 Å². The third kappa shape index (κ3) is 8.01. The number of ether oxygens (including phenoxy) is 1. The Kier molecular flexibility index (Phi) is 12.1. The van der Waals surface area contributed by atoms with E-state index in [1.165, 1.54) is 9.88 Å². The summed E-state index contributed by atoms with van der Waals surface area (Å²) in [5.41, 5.74) is 0. The van der Waals surface area contributed by atoms with Crippen LogP contribution in [-0.2, 0) is 17.6 Å². The maximum atomic E-state index is 4.99. The maximum Gasteiger partial charge on any atom is 0.191 e. The number of aliphatic imine (C=N–C) groups is 1. The number of methoxy groups -OCH3 is 1. The van der Waals surface area contributed by atoms with Crippen molar-refractivity contribution in [1.29, 1.82) is 0 Å². The van der Waals surface area contributed by atoms with Crippen molar-refractivity contribution in [2.24, 2.45) is 4.99 Å². The van der Waals surface area contributed by atoms with E-state index >= 15 is 0 Å². The normalized spacial score (nSPS) is 11.1. The second kappa shape index (κ2) is 12.3. The summed E-state index contributed by atoms with van der Waals surface area (Å²) in [4.78, 5) is 10.2. The Morgan fingerprint density at radius 1 is 1.40 bits per heavy atom. The molecule has 1 aromatic heterocycles. The molecule has 0 saturated heterocycles. The highest BCUT2D eigenvalue weighted by atomic mass is 127. The second-order valence-electron chi connectivity index (χ2n) is 4.00. The molecular formula is C13H25IN4OS. The fraction of sp³-hybridized carbons (Fsp3) is 0.692. The van der Waals surface area contributed by atoms with Crippen LogP contribution in [0.25, 0.3) is 0 Å². The Labute approximate surface area is 142 Å². The Balaban J connectivity index is 0.00000361. The van der Waals surface area contributed by atoms with Crippen molar-refractivity contribution in [3.8, 4) is 0 Å². The van der Waals surface area contributed by atoms with E-state index in [9.17, 15) is 0 Å². The van der Waals surface area contributed by atoms with Gasteiger partial charge in [0, 0.05) is 37.7 Å². The minimum absolute atomic E-state index is 0. The largest absolute Gasteiger partial charge is 0.383 e. The third-order valence-electron chi connectivity index (χ3n) is 2.49. The van der Waals surface area contributed by atoms with E-state index in [4.69, 9.17) is 4.74 Å². The minimum atomic E-state index is 0. The highest BCUT2D eigenvalue weighted by molar-refractivity contribution is 14.0. The van der Waals surface area contributed by atoms with E-state index in [-0.39, 0.29) is 24.0 Å². The first-order valence-electron chi connectivity index (χ1n) is 6.74. The summed E-state index contributed by atoms with van der Waals surface area (Å²) in [6.07, 6.45) is 3.96. The summed E-state index contributed by atoms with van der Waals surface area (Å²) in [7, 11) is 1.68. The molecule has 0 saturated carbocycles. The molecule has 0 spiro atoms. The molecule has 1 aromatic rings. The van der Waals surface area contributed by atoms with Crippen molar-refractivity contribution in [2.45, 2.75) is 26.7 Å². The van der Waals surface area contributed by atoms with Crippen LogP contribution in [0.3, 0.4) is 0 Å². The molecule has 0 fully saturated rings. The molecule has 0 aliphatic carbocycles. The molecule has 0 radical (unpaired) electrons. The molecule has 1 rings (SSSR count). The first-order chi connectivity index (χ1) is 9.30. The molecule has 20 heavy (non-hydrogen) atoms. The van der Waals surface area contributed by atoms with Gasteiger partial charge in [-0.25, -0.2) is 4.98 Å². The highest BCUT2D eigenvalue weighted by Gasteiger charge is 2.01. The van der Waals surface area contributed by atoms with Crippen LogP contribution < -0.4 is 10.6 Å². The number of halogens is 1. The molecule has 0 atom stereocenters. The lowest BCUT2D eigenvalue weighted by Crippen LogP contribution is -2.38. The van der Waals surface area contributed by atoms with Gasteiger partial charge in [-0.05, 0) is 13.3 Å². The number of aromatic nitrogens is 1. The second-order valence-corrected chi connectivity index (χ2v) is 5.20. The van der Waals surface area contributed by atoms with Crippen molar-refractivity contribution in [3.63, 3.8) is 0 Å². The lowest BCUT2D eigenvalue weighted by atomic mass is 10.4. The zero-order valence-corrected chi connectivity index (χ0v) is 15.6. The lowest BCUT2D eigenvalue weighted by molar-refractivity contribution is 0.208. The van der Waals surface area contributed by atoms with E-state index in [1.54, 1.807) is 18.4 Å². The highest BCUT2D eigenvalue weighted by Crippen LogP contribution is 2.13. The number of rotatable bonds is 8. The summed E-state index contributed by atoms with van der Waals surface area (Å²) in [6, 6.07) is 0. The van der Waals surface area contributed by atoms with Gasteiger partial charge in [-0.3, -0.25) is 4.99 Å². The van der Waals surface area contributed by atoms with Crippen LogP contribution in [0.1, 0.15) is 23.7 Å². The summed E-state index contributed by atoms with van der Waals surface area (Å²) in [5.74, 6) is 0.840. The number of nitrogens with zero attached hydrogens (tertiary/aromatic N) is 2. The van der Waals surface area contributed by atoms with E-state index in [0.29, 0.717) is 13.2 Å². The number of hydrogen-bond donors (Lipinski definition) is 2. The van der Waals surface area contributed by atoms with Gasteiger partial charge in [-0.15, -0.1) is 35.3 Å². The van der Waals surface area contributed by atoms with Crippen LogP contribution in [0.15, 0.2) is 11.2 Å². The van der Waals surface area contributed by atoms with Crippen LogP contribution in [0.2, 0.25) is 0 Å². The molecule has 1 heterocycles. The standard InChI is InChI=1S/C13H24N4OS.HI/c1-4-11-10-17-12(19-11)6-7-15-13(14-5-2)16-8-9-18-3;/h10H,4-9H2,1-3H3,(H2,14,15,16);1H. The number of hydrogen-bond acceptors (Lipinski definition) is 4. The molecule has 116 valence electrons. The van der Waals surface area contributed by atoms with Crippen molar-refractivity contribution in [1.82, 2.24) is 15.6 Å². The van der Waals surface area contributed by atoms with E-state index in [0.717, 1.165) is 31.9 Å². The first kappa shape index (κ1) is 19.6. The number of aryl methyl sites for hydroxylation is 1. The molecule has 5 nitrogen and oxygen atoms in total. The Bertz CT molecular complexity index is 384. The smallest absolute Gasteiger partial charge is 0.191 e. The molecule has 2 N–H and O–H groups in total. The van der Waals surface area contributed by atoms with Crippen LogP contribution in [0.5, 0.6) is 0 Å². The van der Waals surface area contributed by atoms with Crippen LogP contribution in [-0.4, -0.2) is 44.3 Å². The average Bonchev–Trinajstić information content (AvgIpc) is 2.87. The zero-order chi connectivity index (χ0) is 13.9. The van der Waals surface area contributed by atoms with Crippen LogP contribution in [0.4, 0.5) is 0 Å². The number of nitrogens with one attached hydrogen (secondary N) is 2. The van der Waals surface area contributed by atoms with E-state index in [2.05, 4.69) is 34.5 Å². The molecule has 7 heteroatoms. The van der Waals surface area contributed by atoms with Gasteiger partial charge in [-0.1, -0.05) is 6.92 Å². The summed E-state index contributed by atoms with van der Waals surface area (Å²) >= 11 is 1.79. The predicted octanol–water partition coefficient (Wildman–Crippen LogP) is 2.07. The van der Waals surface area contributed by atoms with Gasteiger partial charge in [0.25, 0.3) is 0 Å². The molecule has 0 aromatic carbocycles. The fourth-order valence-corrected chi connectivity index (χ4v) is 2.37. The molecule has 0 unspecified atom stereocenters. The lowest BCUT2D eigenvalue weighted by Gasteiger charge is -2.10. The van der Waals surface area contributed by atoms with Crippen LogP contribution in [0, 0.1) is 0 Å². The van der Waals surface area contributed by atoms with Crippen LogP contribution >= 0.6 is 35.3 Å². The first-order valence-corrected chi connectivity index (χ1v) is 7.56. The van der Waals surface area contributed by atoms with Crippen molar-refractivity contribution < 1.29 is 4.74 Å². The van der Waals surface area contributed by atoms with Gasteiger partial charge >= 0.3 is 0 Å². The average molecular weight is 412 g/mol. The maximum absolute atomic E-state index is 4.99. The van der Waals surface area contributed by atoms with Gasteiger partial charge in [0.05, 0.1) is 18.2 Å². The van der Waals surface area contributed by atoms with Gasteiger partial charge < -0.3 is 15.4 Å². The summed E-state index contributed by atoms with van der Waals surface area (Å²) in [6.45, 7) is 7.22. The SMILES string of the molecule is CCNC(=NCCOC)NCCc1ncc(CC)s1.I. The minimum Gasteiger partial charge on any atom is -0.383 e. The Morgan fingerprint density at radius 2 is 2.20 bits per heavy atom. The molecule has 0 aliphatic heterocycles.